The number of carbonyl (C=O) groups excluding carboxylic acids is 1. The van der Waals surface area contributed by atoms with Crippen molar-refractivity contribution in [3.8, 4) is 0 Å². The first-order chi connectivity index (χ1) is 15.5. The molecule has 1 aromatic carbocycles. The SMILES string of the molecule is CN1CCN(C(=O)[C@@H]2[C@@H](CO)[C@@H]3Cn4c(cccc4=O)[C@@H]3N2Cc2ccccc2F)CC1. The molecule has 7 nitrogen and oxygen atoms in total. The standard InChI is InChI=1S/C24H29FN4O3/c1-26-9-11-27(12-10-26)24(32)23-18(15-30)17-14-28-20(7-4-8-21(28)31)22(17)29(23)13-16-5-2-3-6-19(16)25/h2-8,17-18,22-23,30H,9-15H2,1H3/t17-,18-,22+,23-/m0/s1. The molecule has 5 rings (SSSR count). The summed E-state index contributed by atoms with van der Waals surface area (Å²) in [7, 11) is 2.04. The number of hydrogen-bond donors (Lipinski definition) is 1. The predicted octanol–water partition coefficient (Wildman–Crippen LogP) is 0.925. The molecule has 3 aliphatic rings. The zero-order valence-corrected chi connectivity index (χ0v) is 18.2. The molecule has 32 heavy (non-hydrogen) atoms. The van der Waals surface area contributed by atoms with E-state index >= 15 is 0 Å². The molecule has 2 aromatic rings. The number of likely N-dealkylation sites (N-methyl/N-ethyl adjacent to an activating group) is 1. The van der Waals surface area contributed by atoms with E-state index in [0.29, 0.717) is 25.2 Å². The molecule has 4 heterocycles. The average molecular weight is 441 g/mol. The minimum absolute atomic E-state index is 0.00674. The molecule has 3 aliphatic heterocycles. The number of nitrogens with zero attached hydrogens (tertiary/aromatic N) is 4. The van der Waals surface area contributed by atoms with Crippen LogP contribution >= 0.6 is 0 Å². The number of halogens is 1. The summed E-state index contributed by atoms with van der Waals surface area (Å²) in [5.41, 5.74) is 1.27. The van der Waals surface area contributed by atoms with E-state index in [0.717, 1.165) is 18.8 Å². The Morgan fingerprint density at radius 3 is 2.56 bits per heavy atom. The largest absolute Gasteiger partial charge is 0.396 e. The lowest BCUT2D eigenvalue weighted by atomic mass is 9.88. The van der Waals surface area contributed by atoms with Gasteiger partial charge >= 0.3 is 0 Å². The maximum atomic E-state index is 14.6. The summed E-state index contributed by atoms with van der Waals surface area (Å²) < 4.78 is 16.4. The van der Waals surface area contributed by atoms with Crippen molar-refractivity contribution < 1.29 is 14.3 Å². The van der Waals surface area contributed by atoms with E-state index in [1.165, 1.54) is 12.1 Å². The predicted molar refractivity (Wildman–Crippen MR) is 117 cm³/mol. The third-order valence-corrected chi connectivity index (χ3v) is 7.45. The molecule has 4 atom stereocenters. The molecule has 170 valence electrons. The number of benzene rings is 1. The highest BCUT2D eigenvalue weighted by molar-refractivity contribution is 5.83. The lowest BCUT2D eigenvalue weighted by Crippen LogP contribution is -2.55. The van der Waals surface area contributed by atoms with Crippen LogP contribution in [0.4, 0.5) is 4.39 Å². The number of aliphatic hydroxyl groups is 1. The highest BCUT2D eigenvalue weighted by Crippen LogP contribution is 2.50. The van der Waals surface area contributed by atoms with Gasteiger partial charge < -0.3 is 19.5 Å². The van der Waals surface area contributed by atoms with Crippen molar-refractivity contribution >= 4 is 5.91 Å². The Hall–Kier alpha value is -2.55. The van der Waals surface area contributed by atoms with Gasteiger partial charge in [-0.3, -0.25) is 14.5 Å². The summed E-state index contributed by atoms with van der Waals surface area (Å²) in [6, 6.07) is 11.0. The van der Waals surface area contributed by atoms with Crippen LogP contribution in [-0.2, 0) is 17.9 Å². The Morgan fingerprint density at radius 1 is 1.09 bits per heavy atom. The molecular formula is C24H29FN4O3. The number of pyridine rings is 1. The lowest BCUT2D eigenvalue weighted by Gasteiger charge is -2.38. The van der Waals surface area contributed by atoms with Gasteiger partial charge in [0, 0.05) is 75.0 Å². The Balaban J connectivity index is 1.55. The molecule has 0 aliphatic carbocycles. The number of fused-ring (bicyclic) bond motifs is 3. The van der Waals surface area contributed by atoms with E-state index in [9.17, 15) is 19.1 Å². The number of likely N-dealkylation sites (tertiary alicyclic amines) is 1. The average Bonchev–Trinajstić information content (AvgIpc) is 3.31. The summed E-state index contributed by atoms with van der Waals surface area (Å²) in [5.74, 6) is -0.722. The first-order valence-corrected chi connectivity index (χ1v) is 11.3. The second-order valence-electron chi connectivity index (χ2n) is 9.19. The maximum Gasteiger partial charge on any atom is 0.250 e. The first-order valence-electron chi connectivity index (χ1n) is 11.3. The second-order valence-corrected chi connectivity index (χ2v) is 9.19. The van der Waals surface area contributed by atoms with Crippen LogP contribution in [0.5, 0.6) is 0 Å². The van der Waals surface area contributed by atoms with Crippen LogP contribution in [0.1, 0.15) is 17.3 Å². The van der Waals surface area contributed by atoms with Gasteiger partial charge in [0.05, 0.1) is 12.1 Å². The quantitative estimate of drug-likeness (QED) is 0.766. The van der Waals surface area contributed by atoms with Crippen molar-refractivity contribution in [1.82, 2.24) is 19.3 Å². The van der Waals surface area contributed by atoms with Gasteiger partial charge in [-0.05, 0) is 19.2 Å². The van der Waals surface area contributed by atoms with Crippen molar-refractivity contribution in [3.63, 3.8) is 0 Å². The number of hydrogen-bond acceptors (Lipinski definition) is 5. The van der Waals surface area contributed by atoms with Crippen molar-refractivity contribution in [2.45, 2.75) is 25.2 Å². The van der Waals surface area contributed by atoms with E-state index in [-0.39, 0.29) is 48.3 Å². The van der Waals surface area contributed by atoms with Gasteiger partial charge in [0.2, 0.25) is 5.91 Å². The zero-order chi connectivity index (χ0) is 22.4. The van der Waals surface area contributed by atoms with Crippen molar-refractivity contribution in [2.75, 3.05) is 39.8 Å². The molecular weight excluding hydrogens is 411 g/mol. The van der Waals surface area contributed by atoms with Gasteiger partial charge in [-0.2, -0.15) is 0 Å². The second kappa shape index (κ2) is 8.42. The van der Waals surface area contributed by atoms with Gasteiger partial charge in [-0.1, -0.05) is 24.3 Å². The van der Waals surface area contributed by atoms with E-state index in [1.807, 2.05) is 22.9 Å². The minimum Gasteiger partial charge on any atom is -0.396 e. The van der Waals surface area contributed by atoms with Gasteiger partial charge in [-0.15, -0.1) is 0 Å². The third kappa shape index (κ3) is 3.46. The molecule has 2 fully saturated rings. The van der Waals surface area contributed by atoms with Crippen LogP contribution in [-0.4, -0.2) is 76.2 Å². The molecule has 1 aromatic heterocycles. The van der Waals surface area contributed by atoms with Crippen molar-refractivity contribution in [1.29, 1.82) is 0 Å². The highest BCUT2D eigenvalue weighted by Gasteiger charge is 2.56. The van der Waals surface area contributed by atoms with Crippen molar-refractivity contribution in [3.05, 3.63) is 69.9 Å². The fourth-order valence-corrected chi connectivity index (χ4v) is 5.75. The molecule has 0 bridgehead atoms. The lowest BCUT2D eigenvalue weighted by molar-refractivity contribution is -0.140. The van der Waals surface area contributed by atoms with Crippen LogP contribution in [0.25, 0.3) is 0 Å². The zero-order valence-electron chi connectivity index (χ0n) is 18.2. The number of piperazine rings is 1. The molecule has 0 unspecified atom stereocenters. The van der Waals surface area contributed by atoms with Gasteiger partial charge in [0.25, 0.3) is 5.56 Å². The van der Waals surface area contributed by atoms with E-state index in [4.69, 9.17) is 0 Å². The topological polar surface area (TPSA) is 69.0 Å². The third-order valence-electron chi connectivity index (χ3n) is 7.45. The number of aromatic nitrogens is 1. The van der Waals surface area contributed by atoms with Crippen LogP contribution in [0, 0.1) is 17.7 Å². The van der Waals surface area contributed by atoms with Gasteiger partial charge in [-0.25, -0.2) is 4.39 Å². The summed E-state index contributed by atoms with van der Waals surface area (Å²) in [5, 5.41) is 10.4. The Bertz CT molecular complexity index is 1070. The Kier molecular flexibility index (Phi) is 5.61. The summed E-state index contributed by atoms with van der Waals surface area (Å²) >= 11 is 0. The summed E-state index contributed by atoms with van der Waals surface area (Å²) in [6.07, 6.45) is 0. The number of aliphatic hydroxyl groups excluding tert-OH is 1. The molecule has 8 heteroatoms. The number of amides is 1. The normalized spacial score (nSPS) is 28.0. The van der Waals surface area contributed by atoms with Crippen LogP contribution < -0.4 is 5.56 Å². The molecule has 0 radical (unpaired) electrons. The van der Waals surface area contributed by atoms with Gasteiger partial charge in [0.15, 0.2) is 0 Å². The fraction of sp³-hybridized carbons (Fsp3) is 0.500. The highest BCUT2D eigenvalue weighted by atomic mass is 19.1. The molecule has 2 saturated heterocycles. The van der Waals surface area contributed by atoms with Crippen LogP contribution in [0.3, 0.4) is 0 Å². The van der Waals surface area contributed by atoms with Crippen LogP contribution in [0.2, 0.25) is 0 Å². The maximum absolute atomic E-state index is 14.6. The smallest absolute Gasteiger partial charge is 0.250 e. The minimum atomic E-state index is -0.554. The summed E-state index contributed by atoms with van der Waals surface area (Å²) in [4.78, 5) is 32.4. The Labute approximate surface area is 186 Å². The molecule has 1 N–H and O–H groups in total. The van der Waals surface area contributed by atoms with Crippen molar-refractivity contribution in [2.24, 2.45) is 11.8 Å². The molecule has 0 saturated carbocycles. The monoisotopic (exact) mass is 440 g/mol. The van der Waals surface area contributed by atoms with E-state index in [2.05, 4.69) is 4.90 Å². The number of rotatable bonds is 4. The molecule has 1 amide bonds. The van der Waals surface area contributed by atoms with E-state index in [1.54, 1.807) is 28.8 Å². The van der Waals surface area contributed by atoms with Gasteiger partial charge in [0.1, 0.15) is 5.82 Å². The first kappa shape index (κ1) is 21.3. The van der Waals surface area contributed by atoms with E-state index < -0.39 is 6.04 Å². The fourth-order valence-electron chi connectivity index (χ4n) is 5.75. The molecule has 0 spiro atoms. The summed E-state index contributed by atoms with van der Waals surface area (Å²) in [6.45, 7) is 3.46. The Morgan fingerprint density at radius 2 is 1.84 bits per heavy atom. The van der Waals surface area contributed by atoms with Crippen LogP contribution in [0.15, 0.2) is 47.3 Å². The number of carbonyl (C=O) groups is 1.